The maximum atomic E-state index is 13.3. The first kappa shape index (κ1) is 21.0. The standard InChI is InChI=1S/C24H34F2O3/c25-22-11-10-21(15-23(22)26)29-16-18-3-8-20(9-4-18)19-6-1-17(2-7-19)5-12-24-27-13-14-28-24/h10-11,15,17-20,24H,1-9,12-14,16H2. The fraction of sp³-hybridized carbons (Fsp3) is 0.750. The van der Waals surface area contributed by atoms with Crippen LogP contribution >= 0.6 is 0 Å². The van der Waals surface area contributed by atoms with Crippen LogP contribution in [0.1, 0.15) is 64.2 Å². The van der Waals surface area contributed by atoms with E-state index < -0.39 is 11.6 Å². The van der Waals surface area contributed by atoms with Gasteiger partial charge < -0.3 is 14.2 Å². The molecular weight excluding hydrogens is 374 g/mol. The van der Waals surface area contributed by atoms with E-state index in [4.69, 9.17) is 14.2 Å². The Morgan fingerprint density at radius 3 is 2.00 bits per heavy atom. The minimum absolute atomic E-state index is 0.0524. The number of hydrogen-bond acceptors (Lipinski definition) is 3. The number of hydrogen-bond donors (Lipinski definition) is 0. The number of ether oxygens (including phenoxy) is 3. The third-order valence-electron chi connectivity index (χ3n) is 7.33. The van der Waals surface area contributed by atoms with E-state index in [1.165, 1.54) is 63.9 Å². The summed E-state index contributed by atoms with van der Waals surface area (Å²) in [7, 11) is 0. The highest BCUT2D eigenvalue weighted by Crippen LogP contribution is 2.42. The molecule has 0 unspecified atom stereocenters. The van der Waals surface area contributed by atoms with Crippen LogP contribution in [0.3, 0.4) is 0 Å². The molecule has 162 valence electrons. The molecule has 29 heavy (non-hydrogen) atoms. The van der Waals surface area contributed by atoms with Crippen molar-refractivity contribution in [1.82, 2.24) is 0 Å². The Kier molecular flexibility index (Phi) is 7.41. The van der Waals surface area contributed by atoms with E-state index in [2.05, 4.69) is 0 Å². The van der Waals surface area contributed by atoms with Gasteiger partial charge in [-0.05, 0) is 87.2 Å². The van der Waals surface area contributed by atoms with Crippen LogP contribution in [0.2, 0.25) is 0 Å². The first-order chi connectivity index (χ1) is 14.2. The van der Waals surface area contributed by atoms with Crippen molar-refractivity contribution in [2.24, 2.45) is 23.7 Å². The highest BCUT2D eigenvalue weighted by atomic mass is 19.2. The van der Waals surface area contributed by atoms with E-state index in [0.717, 1.165) is 49.5 Å². The van der Waals surface area contributed by atoms with Gasteiger partial charge in [0.15, 0.2) is 17.9 Å². The fourth-order valence-electron chi connectivity index (χ4n) is 5.50. The van der Waals surface area contributed by atoms with Crippen molar-refractivity contribution in [3.8, 4) is 5.75 Å². The Morgan fingerprint density at radius 1 is 0.759 bits per heavy atom. The lowest BCUT2D eigenvalue weighted by atomic mass is 9.69. The van der Waals surface area contributed by atoms with E-state index in [1.807, 2.05) is 0 Å². The smallest absolute Gasteiger partial charge is 0.162 e. The predicted molar refractivity (Wildman–Crippen MR) is 108 cm³/mol. The molecule has 0 radical (unpaired) electrons. The summed E-state index contributed by atoms with van der Waals surface area (Å²) in [5.74, 6) is 1.88. The molecule has 3 nitrogen and oxygen atoms in total. The summed E-state index contributed by atoms with van der Waals surface area (Å²) in [6, 6.07) is 3.78. The summed E-state index contributed by atoms with van der Waals surface area (Å²) in [4.78, 5) is 0. The van der Waals surface area contributed by atoms with Crippen LogP contribution in [0.5, 0.6) is 5.75 Å². The lowest BCUT2D eigenvalue weighted by Gasteiger charge is -2.38. The predicted octanol–water partition coefficient (Wildman–Crippen LogP) is 6.11. The average molecular weight is 409 g/mol. The maximum absolute atomic E-state index is 13.3. The first-order valence-corrected chi connectivity index (χ1v) is 11.5. The van der Waals surface area contributed by atoms with Crippen LogP contribution in [-0.2, 0) is 9.47 Å². The van der Waals surface area contributed by atoms with E-state index in [-0.39, 0.29) is 6.29 Å². The van der Waals surface area contributed by atoms with E-state index in [1.54, 1.807) is 0 Å². The SMILES string of the molecule is Fc1ccc(OCC2CCC(C3CCC(CCC4OCCO4)CC3)CC2)cc1F. The largest absolute Gasteiger partial charge is 0.493 e. The van der Waals surface area contributed by atoms with Gasteiger partial charge in [0.25, 0.3) is 0 Å². The van der Waals surface area contributed by atoms with Crippen molar-refractivity contribution < 1.29 is 23.0 Å². The molecule has 2 aliphatic carbocycles. The first-order valence-electron chi connectivity index (χ1n) is 11.5. The van der Waals surface area contributed by atoms with E-state index >= 15 is 0 Å². The Labute approximate surface area is 173 Å². The summed E-state index contributed by atoms with van der Waals surface area (Å²) in [6.45, 7) is 2.12. The molecule has 2 saturated carbocycles. The second-order valence-corrected chi connectivity index (χ2v) is 9.20. The second-order valence-electron chi connectivity index (χ2n) is 9.20. The molecule has 0 bridgehead atoms. The molecule has 0 atom stereocenters. The van der Waals surface area contributed by atoms with Gasteiger partial charge in [-0.25, -0.2) is 8.78 Å². The number of rotatable bonds is 7. The Bertz CT molecular complexity index is 631. The average Bonchev–Trinajstić information content (AvgIpc) is 3.28. The van der Waals surface area contributed by atoms with Gasteiger partial charge in [-0.15, -0.1) is 0 Å². The maximum Gasteiger partial charge on any atom is 0.162 e. The molecule has 1 aliphatic heterocycles. The molecule has 1 saturated heterocycles. The quantitative estimate of drug-likeness (QED) is 0.545. The highest BCUT2D eigenvalue weighted by molar-refractivity contribution is 5.23. The van der Waals surface area contributed by atoms with Crippen molar-refractivity contribution in [3.05, 3.63) is 29.8 Å². The van der Waals surface area contributed by atoms with E-state index in [0.29, 0.717) is 18.3 Å². The monoisotopic (exact) mass is 408 g/mol. The summed E-state index contributed by atoms with van der Waals surface area (Å²) >= 11 is 0. The summed E-state index contributed by atoms with van der Waals surface area (Å²) < 4.78 is 43.1. The van der Waals surface area contributed by atoms with Crippen molar-refractivity contribution in [1.29, 1.82) is 0 Å². The van der Waals surface area contributed by atoms with Crippen LogP contribution in [0, 0.1) is 35.3 Å². The van der Waals surface area contributed by atoms with E-state index in [9.17, 15) is 8.78 Å². The second kappa shape index (κ2) is 10.2. The molecule has 0 N–H and O–H groups in total. The zero-order valence-corrected chi connectivity index (χ0v) is 17.3. The van der Waals surface area contributed by atoms with Crippen molar-refractivity contribution in [2.75, 3.05) is 19.8 Å². The molecule has 1 heterocycles. The molecule has 0 spiro atoms. The van der Waals surface area contributed by atoms with Gasteiger partial charge >= 0.3 is 0 Å². The third-order valence-corrected chi connectivity index (χ3v) is 7.33. The highest BCUT2D eigenvalue weighted by Gasteiger charge is 2.31. The number of benzene rings is 1. The van der Waals surface area contributed by atoms with Crippen LogP contribution < -0.4 is 4.74 Å². The van der Waals surface area contributed by atoms with Gasteiger partial charge in [-0.2, -0.15) is 0 Å². The van der Waals surface area contributed by atoms with Crippen molar-refractivity contribution >= 4 is 0 Å². The zero-order valence-electron chi connectivity index (χ0n) is 17.3. The molecule has 3 aliphatic rings. The van der Waals surface area contributed by atoms with Crippen LogP contribution in [0.4, 0.5) is 8.78 Å². The molecule has 5 heteroatoms. The Hall–Kier alpha value is -1.20. The minimum atomic E-state index is -0.842. The lowest BCUT2D eigenvalue weighted by molar-refractivity contribution is -0.0514. The Balaban J connectivity index is 1.12. The molecular formula is C24H34F2O3. The van der Waals surface area contributed by atoms with Crippen LogP contribution in [0.25, 0.3) is 0 Å². The van der Waals surface area contributed by atoms with Crippen molar-refractivity contribution in [2.45, 2.75) is 70.5 Å². The Morgan fingerprint density at radius 2 is 1.38 bits per heavy atom. The molecule has 0 amide bonds. The molecule has 3 fully saturated rings. The minimum Gasteiger partial charge on any atom is -0.493 e. The van der Waals surface area contributed by atoms with Crippen molar-refractivity contribution in [3.63, 3.8) is 0 Å². The van der Waals surface area contributed by atoms with Gasteiger partial charge in [-0.1, -0.05) is 12.8 Å². The topological polar surface area (TPSA) is 27.7 Å². The molecule has 4 rings (SSSR count). The summed E-state index contributed by atoms with van der Waals surface area (Å²) in [6.07, 6.45) is 12.7. The summed E-state index contributed by atoms with van der Waals surface area (Å²) in [5.41, 5.74) is 0. The number of halogens is 2. The molecule has 0 aromatic heterocycles. The van der Waals surface area contributed by atoms with Gasteiger partial charge in [0.2, 0.25) is 0 Å². The zero-order chi connectivity index (χ0) is 20.1. The lowest BCUT2D eigenvalue weighted by Crippen LogP contribution is -2.27. The normalized spacial score (nSPS) is 31.1. The molecule has 1 aromatic rings. The third kappa shape index (κ3) is 5.91. The fourth-order valence-corrected chi connectivity index (χ4v) is 5.50. The van der Waals surface area contributed by atoms with Crippen LogP contribution in [-0.4, -0.2) is 26.1 Å². The van der Waals surface area contributed by atoms with Gasteiger partial charge in [0.1, 0.15) is 5.75 Å². The summed E-state index contributed by atoms with van der Waals surface area (Å²) in [5, 5.41) is 0. The molecule has 1 aromatic carbocycles. The van der Waals surface area contributed by atoms with Gasteiger partial charge in [0.05, 0.1) is 19.8 Å². The van der Waals surface area contributed by atoms with Crippen LogP contribution in [0.15, 0.2) is 18.2 Å². The van der Waals surface area contributed by atoms with Gasteiger partial charge in [0, 0.05) is 6.07 Å². The van der Waals surface area contributed by atoms with Gasteiger partial charge in [-0.3, -0.25) is 0 Å².